The van der Waals surface area contributed by atoms with E-state index in [0.29, 0.717) is 0 Å². The Kier molecular flexibility index (Phi) is 6.64. The molecule has 0 amide bonds. The Morgan fingerprint density at radius 1 is 1.19 bits per heavy atom. The Bertz CT molecular complexity index is 977. The zero-order chi connectivity index (χ0) is 24.2. The molecule has 0 aromatic heterocycles. The van der Waals surface area contributed by atoms with Gasteiger partial charge in [0.05, 0.1) is 18.8 Å². The molecule has 0 spiro atoms. The molecule has 0 aromatic rings. The van der Waals surface area contributed by atoms with Gasteiger partial charge in [-0.2, -0.15) is 16.8 Å². The lowest BCUT2D eigenvalue weighted by Crippen LogP contribution is -2.81. The molecule has 31 heavy (non-hydrogen) atoms. The summed E-state index contributed by atoms with van der Waals surface area (Å²) in [6.45, 7) is -1.17. The van der Waals surface area contributed by atoms with E-state index in [2.05, 4.69) is 8.92 Å². The lowest BCUT2D eigenvalue weighted by molar-refractivity contribution is -0.351. The average Bonchev–Trinajstić information content (AvgIpc) is 2.60. The second kappa shape index (κ2) is 8.04. The number of ether oxygens (including phenoxy) is 2. The molecular formula is C12H19NO16S2. The average molecular weight is 497 g/mol. The number of aliphatic carboxylic acids is 1. The van der Waals surface area contributed by atoms with Crippen molar-refractivity contribution in [2.45, 2.75) is 47.6 Å². The van der Waals surface area contributed by atoms with Gasteiger partial charge >= 0.3 is 16.4 Å². The summed E-state index contributed by atoms with van der Waals surface area (Å²) in [5.41, 5.74) is 5.53. The quantitative estimate of drug-likeness (QED) is 0.155. The van der Waals surface area contributed by atoms with Gasteiger partial charge in [0.1, 0.15) is 12.2 Å². The van der Waals surface area contributed by atoms with E-state index in [9.17, 15) is 51.7 Å². The Hall–Kier alpha value is -1.65. The smallest absolute Gasteiger partial charge is 0.397 e. The van der Waals surface area contributed by atoms with E-state index in [-0.39, 0.29) is 0 Å². The van der Waals surface area contributed by atoms with Crippen LogP contribution in [0.4, 0.5) is 0 Å². The topological polar surface area (TPSA) is 301 Å². The minimum absolute atomic E-state index is 0.938. The van der Waals surface area contributed by atoms with Gasteiger partial charge in [0.15, 0.2) is 11.9 Å². The molecule has 180 valence electrons. The third-order valence-electron chi connectivity index (χ3n) is 4.69. The van der Waals surface area contributed by atoms with Crippen LogP contribution in [0.1, 0.15) is 6.42 Å². The highest BCUT2D eigenvalue weighted by atomic mass is 32.3. The van der Waals surface area contributed by atoms with Crippen molar-refractivity contribution in [3.63, 3.8) is 0 Å². The zero-order valence-corrected chi connectivity index (χ0v) is 16.7. The monoisotopic (exact) mass is 497 g/mol. The molecule has 2 rings (SSSR count). The van der Waals surface area contributed by atoms with Crippen molar-refractivity contribution in [3.05, 3.63) is 11.5 Å². The van der Waals surface area contributed by atoms with Gasteiger partial charge in [-0.3, -0.25) is 9.11 Å². The molecule has 7 atom stereocenters. The molecule has 0 radical (unpaired) electrons. The van der Waals surface area contributed by atoms with Crippen molar-refractivity contribution in [2.24, 2.45) is 5.73 Å². The van der Waals surface area contributed by atoms with E-state index in [1.165, 1.54) is 0 Å². The minimum atomic E-state index is -5.74. The van der Waals surface area contributed by atoms with Crippen LogP contribution in [0.25, 0.3) is 0 Å². The summed E-state index contributed by atoms with van der Waals surface area (Å²) in [6, 6.07) is 0. The van der Waals surface area contributed by atoms with Crippen LogP contribution in [0.5, 0.6) is 0 Å². The molecule has 2 unspecified atom stereocenters. The van der Waals surface area contributed by atoms with E-state index < -0.39 is 92.2 Å². The number of carboxylic acids is 1. The van der Waals surface area contributed by atoms with E-state index in [4.69, 9.17) is 20.1 Å². The fourth-order valence-corrected chi connectivity index (χ4v) is 4.45. The van der Waals surface area contributed by atoms with Gasteiger partial charge in [-0.25, -0.2) is 8.98 Å². The largest absolute Gasteiger partial charge is 0.506 e. The molecule has 10 N–H and O–H groups in total. The molecule has 2 aliphatic heterocycles. The van der Waals surface area contributed by atoms with Crippen LogP contribution in [0, 0.1) is 0 Å². The predicted octanol–water partition coefficient (Wildman–Crippen LogP) is -4.84. The van der Waals surface area contributed by atoms with Gasteiger partial charge in [-0.05, 0) is 0 Å². The molecule has 1 fully saturated rings. The summed E-state index contributed by atoms with van der Waals surface area (Å²) in [7, 11) is -10.8. The zero-order valence-electron chi connectivity index (χ0n) is 15.0. The van der Waals surface area contributed by atoms with E-state index >= 15 is 0 Å². The van der Waals surface area contributed by atoms with Crippen molar-refractivity contribution < 1.29 is 75.0 Å². The lowest BCUT2D eigenvalue weighted by atomic mass is 9.84. The minimum Gasteiger partial charge on any atom is -0.506 e. The molecular weight excluding hydrogens is 478 g/mol. The van der Waals surface area contributed by atoms with Crippen molar-refractivity contribution >= 4 is 26.5 Å². The number of nitrogens with two attached hydrogens (primary N) is 1. The Labute approximate surface area is 173 Å². The third-order valence-corrected chi connectivity index (χ3v) is 6.54. The number of carbonyl (C=O) groups is 1. The van der Waals surface area contributed by atoms with Crippen LogP contribution in [0.2, 0.25) is 0 Å². The summed E-state index contributed by atoms with van der Waals surface area (Å²) in [4.78, 5) is 7.56. The van der Waals surface area contributed by atoms with Gasteiger partial charge in [-0.15, -0.1) is 0 Å². The van der Waals surface area contributed by atoms with Gasteiger partial charge < -0.3 is 45.8 Å². The van der Waals surface area contributed by atoms with Crippen LogP contribution in [-0.4, -0.2) is 110 Å². The van der Waals surface area contributed by atoms with Crippen LogP contribution in [0.15, 0.2) is 11.5 Å². The van der Waals surface area contributed by atoms with E-state index in [1.54, 1.807) is 0 Å². The normalized spacial score (nSPS) is 39.8. The highest BCUT2D eigenvalue weighted by Gasteiger charge is 2.72. The lowest BCUT2D eigenvalue weighted by Gasteiger charge is -2.53. The van der Waals surface area contributed by atoms with Crippen LogP contribution >= 0.6 is 0 Å². The summed E-state index contributed by atoms with van der Waals surface area (Å²) >= 11 is 0. The van der Waals surface area contributed by atoms with Crippen molar-refractivity contribution in [3.8, 4) is 0 Å². The number of aliphatic hydroxyl groups excluding tert-OH is 4. The van der Waals surface area contributed by atoms with Crippen molar-refractivity contribution in [2.75, 3.05) is 6.61 Å². The molecule has 1 saturated heterocycles. The molecule has 0 aromatic carbocycles. The van der Waals surface area contributed by atoms with Crippen LogP contribution in [-0.2, 0) is 39.0 Å². The maximum absolute atomic E-state index is 12.0. The standard InChI is InChI=1S/C12H19NO16S2/c13-11(30(21,22)23)4(14)1-3(2-27-31(24,25)26)29-12(11,20)9-7(17)5(15)6(16)8(28-9)10(18)19/h3-5,7,9,14-17,20H,1-2,13H2,(H,18,19)(H,21,22,23)(H,24,25,26)/t3-,4-,5+,7-,9?,11-,12?/m0/s1. The summed E-state index contributed by atoms with van der Waals surface area (Å²) < 4.78 is 77.2. The maximum Gasteiger partial charge on any atom is 0.397 e. The van der Waals surface area contributed by atoms with Crippen molar-refractivity contribution in [1.82, 2.24) is 0 Å². The fraction of sp³-hybridized carbons (Fsp3) is 0.750. The van der Waals surface area contributed by atoms with Gasteiger partial charge in [-0.1, -0.05) is 0 Å². The van der Waals surface area contributed by atoms with Crippen LogP contribution in [0.3, 0.4) is 0 Å². The first-order valence-electron chi connectivity index (χ1n) is 8.02. The molecule has 2 heterocycles. The van der Waals surface area contributed by atoms with Gasteiger partial charge in [0.25, 0.3) is 10.1 Å². The first-order chi connectivity index (χ1) is 13.9. The Morgan fingerprint density at radius 2 is 1.74 bits per heavy atom. The van der Waals surface area contributed by atoms with E-state index in [0.717, 1.165) is 0 Å². The summed E-state index contributed by atoms with van der Waals surface area (Å²) in [6.07, 6.45) is -13.0. The highest BCUT2D eigenvalue weighted by Crippen LogP contribution is 2.44. The number of hydrogen-bond donors (Lipinski definition) is 9. The van der Waals surface area contributed by atoms with Crippen LogP contribution < -0.4 is 5.73 Å². The molecule has 17 nitrogen and oxygen atoms in total. The second-order valence-electron chi connectivity index (χ2n) is 6.66. The van der Waals surface area contributed by atoms with Gasteiger partial charge in [0.2, 0.25) is 16.4 Å². The molecule has 0 bridgehead atoms. The number of rotatable bonds is 6. The van der Waals surface area contributed by atoms with E-state index in [1.807, 2.05) is 0 Å². The summed E-state index contributed by atoms with van der Waals surface area (Å²) in [5, 5.41) is 60.0. The number of hydrogen-bond acceptors (Lipinski definition) is 14. The number of aliphatic hydroxyl groups is 5. The first kappa shape index (κ1) is 25.6. The fourth-order valence-electron chi connectivity index (χ4n) is 3.16. The predicted molar refractivity (Wildman–Crippen MR) is 90.6 cm³/mol. The van der Waals surface area contributed by atoms with Gasteiger partial charge in [0, 0.05) is 6.42 Å². The third kappa shape index (κ3) is 4.34. The first-order valence-corrected chi connectivity index (χ1v) is 10.8. The summed E-state index contributed by atoms with van der Waals surface area (Å²) in [5.74, 6) is -8.78. The molecule has 0 aliphatic carbocycles. The molecule has 0 saturated carbocycles. The number of carboxylic acid groups (broad SMARTS) is 1. The SMILES string of the molecule is N[C@]1(S(=O)(=O)O)[C@@H](O)C[C@@H](COS(=O)(=O)O)OC1(O)C1OC(C(=O)O)=C(O)[C@@H](O)[C@@H]1O. The maximum atomic E-state index is 12.0. The molecule has 2 aliphatic rings. The van der Waals surface area contributed by atoms with Crippen molar-refractivity contribution in [1.29, 1.82) is 0 Å². The molecule has 19 heteroatoms. The Morgan fingerprint density at radius 3 is 2.19 bits per heavy atom. The Balaban J connectivity index is 2.62. The highest BCUT2D eigenvalue weighted by molar-refractivity contribution is 7.87. The second-order valence-corrected chi connectivity index (χ2v) is 9.38.